The van der Waals surface area contributed by atoms with Crippen LogP contribution in [0.1, 0.15) is 26.3 Å². The number of rotatable bonds is 3. The molecular weight excluding hydrogens is 220 g/mol. The molecule has 0 bridgehead atoms. The third-order valence-electron chi connectivity index (χ3n) is 2.45. The highest BCUT2D eigenvalue weighted by Gasteiger charge is 2.05. The Kier molecular flexibility index (Phi) is 4.32. The molecule has 1 aromatic rings. The van der Waals surface area contributed by atoms with Gasteiger partial charge in [0.15, 0.2) is 0 Å². The number of halogens is 2. The van der Waals surface area contributed by atoms with Crippen LogP contribution in [0.15, 0.2) is 47.1 Å². The summed E-state index contributed by atoms with van der Waals surface area (Å²) in [5, 5.41) is 0. The molecule has 0 N–H and O–H groups in total. The van der Waals surface area contributed by atoms with Gasteiger partial charge in [-0.15, -0.1) is 0 Å². The summed E-state index contributed by atoms with van der Waals surface area (Å²) in [7, 11) is 0. The first-order valence-electron chi connectivity index (χ1n) is 5.24. The molecule has 0 unspecified atom stereocenters. The molecule has 0 aromatic heterocycles. The number of aliphatic imine (C=N–C) groups is 1. The minimum Gasteiger partial charge on any atom is -0.261 e. The quantitative estimate of drug-likeness (QED) is 0.548. The molecule has 0 amide bonds. The van der Waals surface area contributed by atoms with E-state index in [0.717, 1.165) is 17.2 Å². The van der Waals surface area contributed by atoms with Gasteiger partial charge in [-0.1, -0.05) is 12.2 Å². The molecule has 1 nitrogen and oxygen atoms in total. The van der Waals surface area contributed by atoms with E-state index >= 15 is 0 Å². The molecule has 1 aromatic carbocycles. The van der Waals surface area contributed by atoms with Crippen LogP contribution >= 0.6 is 0 Å². The van der Waals surface area contributed by atoms with Gasteiger partial charge in [-0.25, -0.2) is 8.78 Å². The van der Waals surface area contributed by atoms with Crippen molar-refractivity contribution in [3.63, 3.8) is 0 Å². The smallest absolute Gasteiger partial charge is 0.135 e. The highest BCUT2D eigenvalue weighted by atomic mass is 19.1. The third-order valence-corrected chi connectivity index (χ3v) is 2.45. The minimum atomic E-state index is -0.604. The van der Waals surface area contributed by atoms with Crippen LogP contribution in [0.2, 0.25) is 0 Å². The lowest BCUT2D eigenvalue weighted by molar-refractivity contribution is 0.581. The fourth-order valence-electron chi connectivity index (χ4n) is 1.16. The van der Waals surface area contributed by atoms with E-state index in [1.54, 1.807) is 13.1 Å². The fraction of sp³-hybridized carbons (Fsp3) is 0.214. The summed E-state index contributed by atoms with van der Waals surface area (Å²) >= 11 is 0. The Labute approximate surface area is 100 Å². The lowest BCUT2D eigenvalue weighted by Crippen LogP contribution is -1.99. The summed E-state index contributed by atoms with van der Waals surface area (Å²) in [6.45, 7) is 9.20. The third kappa shape index (κ3) is 3.63. The first-order chi connectivity index (χ1) is 7.91. The fourth-order valence-corrected chi connectivity index (χ4v) is 1.16. The first kappa shape index (κ1) is 13.3. The molecular formula is C14H15F2N. The van der Waals surface area contributed by atoms with Gasteiger partial charge in [0.2, 0.25) is 0 Å². The van der Waals surface area contributed by atoms with Crippen LogP contribution < -0.4 is 0 Å². The summed E-state index contributed by atoms with van der Waals surface area (Å²) < 4.78 is 26.2. The van der Waals surface area contributed by atoms with Crippen molar-refractivity contribution in [2.75, 3.05) is 0 Å². The van der Waals surface area contributed by atoms with Crippen LogP contribution in [-0.2, 0) is 0 Å². The van der Waals surface area contributed by atoms with Crippen molar-refractivity contribution in [1.82, 2.24) is 0 Å². The second kappa shape index (κ2) is 5.53. The predicted molar refractivity (Wildman–Crippen MR) is 67.1 cm³/mol. The van der Waals surface area contributed by atoms with Crippen LogP contribution in [0.4, 0.5) is 8.78 Å². The Morgan fingerprint density at radius 3 is 2.41 bits per heavy atom. The summed E-state index contributed by atoms with van der Waals surface area (Å²) in [6, 6.07) is 3.45. The normalized spacial score (nSPS) is 12.8. The standard InChI is InChI=1S/C14H15F2N/c1-9(2)10(3)8-17-11(4)13-6-5-12(15)7-14(13)16/h5-8H,1H2,2-4H3/b10-8-,17-11?. The van der Waals surface area contributed by atoms with Gasteiger partial charge in [0.05, 0.1) is 0 Å². The number of benzene rings is 1. The Morgan fingerprint density at radius 1 is 1.24 bits per heavy atom. The number of allylic oxidation sites excluding steroid dienone is 2. The van der Waals surface area contributed by atoms with Gasteiger partial charge in [0.25, 0.3) is 0 Å². The van der Waals surface area contributed by atoms with Crippen molar-refractivity contribution < 1.29 is 8.78 Å². The average molecular weight is 235 g/mol. The average Bonchev–Trinajstić information content (AvgIpc) is 2.25. The predicted octanol–water partition coefficient (Wildman–Crippen LogP) is 4.25. The molecule has 3 heteroatoms. The van der Waals surface area contributed by atoms with E-state index in [2.05, 4.69) is 11.6 Å². The Morgan fingerprint density at radius 2 is 1.88 bits per heavy atom. The zero-order valence-electron chi connectivity index (χ0n) is 10.2. The molecule has 0 fully saturated rings. The van der Waals surface area contributed by atoms with Crippen LogP contribution in [0.3, 0.4) is 0 Å². The van der Waals surface area contributed by atoms with E-state index < -0.39 is 11.6 Å². The summed E-state index contributed by atoms with van der Waals surface area (Å²) in [6.07, 6.45) is 1.63. The van der Waals surface area contributed by atoms with Crippen molar-refractivity contribution in [2.24, 2.45) is 4.99 Å². The topological polar surface area (TPSA) is 12.4 Å². The van der Waals surface area contributed by atoms with Crippen molar-refractivity contribution in [3.05, 3.63) is 59.3 Å². The lowest BCUT2D eigenvalue weighted by Gasteiger charge is -2.02. The van der Waals surface area contributed by atoms with E-state index in [9.17, 15) is 8.78 Å². The van der Waals surface area contributed by atoms with Crippen LogP contribution in [0.25, 0.3) is 0 Å². The van der Waals surface area contributed by atoms with E-state index in [0.29, 0.717) is 11.3 Å². The number of hydrogen-bond acceptors (Lipinski definition) is 1. The maximum Gasteiger partial charge on any atom is 0.135 e. The Hall–Kier alpha value is -1.77. The van der Waals surface area contributed by atoms with Crippen LogP contribution in [0.5, 0.6) is 0 Å². The maximum absolute atomic E-state index is 13.4. The Balaban J connectivity index is 3.04. The molecule has 1 rings (SSSR count). The van der Waals surface area contributed by atoms with E-state index in [1.165, 1.54) is 12.1 Å². The van der Waals surface area contributed by atoms with Gasteiger partial charge < -0.3 is 0 Å². The molecule has 0 atom stereocenters. The second-order valence-electron chi connectivity index (χ2n) is 3.93. The highest BCUT2D eigenvalue weighted by Crippen LogP contribution is 2.12. The van der Waals surface area contributed by atoms with Crippen molar-refractivity contribution in [1.29, 1.82) is 0 Å². The van der Waals surface area contributed by atoms with Crippen molar-refractivity contribution >= 4 is 5.71 Å². The summed E-state index contributed by atoms with van der Waals surface area (Å²) in [5.74, 6) is -1.19. The molecule has 0 aliphatic heterocycles. The van der Waals surface area contributed by atoms with E-state index in [4.69, 9.17) is 0 Å². The van der Waals surface area contributed by atoms with Crippen LogP contribution in [0, 0.1) is 11.6 Å². The monoisotopic (exact) mass is 235 g/mol. The van der Waals surface area contributed by atoms with E-state index in [1.807, 2.05) is 13.8 Å². The molecule has 0 aliphatic rings. The van der Waals surface area contributed by atoms with Gasteiger partial charge in [0, 0.05) is 23.5 Å². The zero-order valence-corrected chi connectivity index (χ0v) is 10.2. The highest BCUT2D eigenvalue weighted by molar-refractivity contribution is 5.99. The van der Waals surface area contributed by atoms with Gasteiger partial charge in [-0.2, -0.15) is 0 Å². The summed E-state index contributed by atoms with van der Waals surface area (Å²) in [4.78, 5) is 4.14. The number of nitrogens with zero attached hydrogens (tertiary/aromatic N) is 1. The van der Waals surface area contributed by atoms with Gasteiger partial charge >= 0.3 is 0 Å². The van der Waals surface area contributed by atoms with Gasteiger partial charge in [-0.05, 0) is 38.5 Å². The molecule has 90 valence electrons. The lowest BCUT2D eigenvalue weighted by atomic mass is 10.1. The summed E-state index contributed by atoms with van der Waals surface area (Å²) in [5.41, 5.74) is 2.63. The molecule has 0 saturated carbocycles. The zero-order chi connectivity index (χ0) is 13.0. The first-order valence-corrected chi connectivity index (χ1v) is 5.24. The minimum absolute atomic E-state index is 0.303. The van der Waals surface area contributed by atoms with E-state index in [-0.39, 0.29) is 0 Å². The van der Waals surface area contributed by atoms with Gasteiger partial charge in [-0.3, -0.25) is 4.99 Å². The molecule has 17 heavy (non-hydrogen) atoms. The Bertz CT molecular complexity index is 499. The molecule has 0 radical (unpaired) electrons. The largest absolute Gasteiger partial charge is 0.261 e. The number of hydrogen-bond donors (Lipinski definition) is 0. The molecule has 0 heterocycles. The molecule has 0 spiro atoms. The maximum atomic E-state index is 13.4. The molecule has 0 saturated heterocycles. The molecule has 0 aliphatic carbocycles. The van der Waals surface area contributed by atoms with Crippen molar-refractivity contribution in [3.8, 4) is 0 Å². The van der Waals surface area contributed by atoms with Crippen molar-refractivity contribution in [2.45, 2.75) is 20.8 Å². The van der Waals surface area contributed by atoms with Gasteiger partial charge in [0.1, 0.15) is 11.6 Å². The second-order valence-corrected chi connectivity index (χ2v) is 3.93. The SMILES string of the molecule is C=C(C)/C(C)=C\N=C(C)c1ccc(F)cc1F. The van der Waals surface area contributed by atoms with Crippen LogP contribution in [-0.4, -0.2) is 5.71 Å².